The van der Waals surface area contributed by atoms with E-state index in [1.807, 2.05) is 0 Å². The molecule has 2 aromatic rings. The summed E-state index contributed by atoms with van der Waals surface area (Å²) in [5.41, 5.74) is 0.454. The molecule has 1 saturated heterocycles. The molecule has 0 aromatic heterocycles. The van der Waals surface area contributed by atoms with Crippen LogP contribution in [0.5, 0.6) is 11.5 Å². The standard InChI is InChI=1S/C21H23F3N2O6S/c1-30-18-7-6-15(12-19(18)33(28,29)26-8-10-31-11-9-26)13-20(27)25-16-4-2-3-5-17(16)32-14-21(22,23)24/h2-7,12H,8-11,13-14H2,1H3,(H,25,27). The van der Waals surface area contributed by atoms with E-state index in [4.69, 9.17) is 14.2 Å². The van der Waals surface area contributed by atoms with Crippen LogP contribution in [0.1, 0.15) is 5.56 Å². The van der Waals surface area contributed by atoms with Crippen molar-refractivity contribution in [3.05, 3.63) is 48.0 Å². The van der Waals surface area contributed by atoms with Gasteiger partial charge in [-0.2, -0.15) is 17.5 Å². The number of rotatable bonds is 8. The Balaban J connectivity index is 1.77. The van der Waals surface area contributed by atoms with E-state index in [1.54, 1.807) is 6.07 Å². The number of halogens is 3. The molecule has 12 heteroatoms. The highest BCUT2D eigenvalue weighted by Crippen LogP contribution is 2.30. The summed E-state index contributed by atoms with van der Waals surface area (Å²) < 4.78 is 80.0. The number of para-hydroxylation sites is 2. The average Bonchev–Trinajstić information content (AvgIpc) is 2.78. The molecular formula is C21H23F3N2O6S. The zero-order valence-electron chi connectivity index (χ0n) is 17.7. The number of ether oxygens (including phenoxy) is 3. The van der Waals surface area contributed by atoms with Crippen molar-refractivity contribution in [2.75, 3.05) is 45.3 Å². The van der Waals surface area contributed by atoms with Gasteiger partial charge in [-0.05, 0) is 29.8 Å². The second-order valence-electron chi connectivity index (χ2n) is 7.13. The molecule has 0 atom stereocenters. The number of benzene rings is 2. The van der Waals surface area contributed by atoms with Crippen LogP contribution >= 0.6 is 0 Å². The van der Waals surface area contributed by atoms with Gasteiger partial charge < -0.3 is 19.5 Å². The molecule has 0 saturated carbocycles. The molecule has 1 heterocycles. The molecule has 1 N–H and O–H groups in total. The summed E-state index contributed by atoms with van der Waals surface area (Å²) in [7, 11) is -2.53. The second-order valence-corrected chi connectivity index (χ2v) is 9.03. The Bertz CT molecular complexity index is 1090. The van der Waals surface area contributed by atoms with Crippen molar-refractivity contribution in [1.82, 2.24) is 4.31 Å². The van der Waals surface area contributed by atoms with Gasteiger partial charge in [0.15, 0.2) is 6.61 Å². The molecule has 0 spiro atoms. The zero-order chi connectivity index (χ0) is 24.1. The minimum absolute atomic E-state index is 0.0708. The summed E-state index contributed by atoms with van der Waals surface area (Å²) in [5.74, 6) is -0.553. The summed E-state index contributed by atoms with van der Waals surface area (Å²) in [6.45, 7) is -0.546. The maximum absolute atomic E-state index is 13.1. The van der Waals surface area contributed by atoms with Gasteiger partial charge in [0.2, 0.25) is 15.9 Å². The molecule has 8 nitrogen and oxygen atoms in total. The Morgan fingerprint density at radius 3 is 2.48 bits per heavy atom. The maximum Gasteiger partial charge on any atom is 0.422 e. The van der Waals surface area contributed by atoms with Crippen LogP contribution in [0.4, 0.5) is 18.9 Å². The molecular weight excluding hydrogens is 465 g/mol. The third kappa shape index (κ3) is 6.59. The molecule has 1 aliphatic heterocycles. The number of nitrogens with zero attached hydrogens (tertiary/aromatic N) is 1. The van der Waals surface area contributed by atoms with E-state index in [1.165, 1.54) is 47.8 Å². The van der Waals surface area contributed by atoms with Crippen LogP contribution in [0.2, 0.25) is 0 Å². The van der Waals surface area contributed by atoms with E-state index in [0.29, 0.717) is 5.56 Å². The molecule has 0 radical (unpaired) electrons. The van der Waals surface area contributed by atoms with Gasteiger partial charge in [0.25, 0.3) is 0 Å². The lowest BCUT2D eigenvalue weighted by molar-refractivity contribution is -0.153. The Morgan fingerprint density at radius 1 is 1.12 bits per heavy atom. The third-order valence-electron chi connectivity index (χ3n) is 4.73. The van der Waals surface area contributed by atoms with Crippen molar-refractivity contribution >= 4 is 21.6 Å². The van der Waals surface area contributed by atoms with Crippen molar-refractivity contribution in [2.45, 2.75) is 17.5 Å². The number of carbonyl (C=O) groups is 1. The van der Waals surface area contributed by atoms with Crippen LogP contribution in [-0.4, -0.2) is 64.8 Å². The van der Waals surface area contributed by atoms with Crippen molar-refractivity contribution in [3.63, 3.8) is 0 Å². The fraction of sp³-hybridized carbons (Fsp3) is 0.381. The number of morpholine rings is 1. The molecule has 33 heavy (non-hydrogen) atoms. The number of amides is 1. The Hall–Kier alpha value is -2.83. The number of hydrogen-bond acceptors (Lipinski definition) is 6. The number of methoxy groups -OCH3 is 1. The Morgan fingerprint density at radius 2 is 1.82 bits per heavy atom. The van der Waals surface area contributed by atoms with Gasteiger partial charge in [-0.1, -0.05) is 18.2 Å². The Labute approximate surface area is 189 Å². The summed E-state index contributed by atoms with van der Waals surface area (Å²) in [5, 5.41) is 2.51. The van der Waals surface area contributed by atoms with E-state index in [-0.39, 0.29) is 54.8 Å². The molecule has 1 fully saturated rings. The van der Waals surface area contributed by atoms with Crippen LogP contribution in [0.15, 0.2) is 47.4 Å². The number of sulfonamides is 1. The second kappa shape index (κ2) is 10.4. The van der Waals surface area contributed by atoms with E-state index >= 15 is 0 Å². The first-order chi connectivity index (χ1) is 15.6. The largest absolute Gasteiger partial charge is 0.495 e. The highest BCUT2D eigenvalue weighted by atomic mass is 32.2. The average molecular weight is 488 g/mol. The molecule has 1 amide bonds. The van der Waals surface area contributed by atoms with Gasteiger partial charge in [0, 0.05) is 13.1 Å². The molecule has 0 unspecified atom stereocenters. The summed E-state index contributed by atoms with van der Waals surface area (Å²) in [4.78, 5) is 12.5. The van der Waals surface area contributed by atoms with Crippen LogP contribution in [0, 0.1) is 0 Å². The van der Waals surface area contributed by atoms with Gasteiger partial charge in [-0.15, -0.1) is 0 Å². The number of carbonyl (C=O) groups excluding carboxylic acids is 1. The first kappa shape index (κ1) is 24.8. The third-order valence-corrected chi connectivity index (χ3v) is 6.65. The van der Waals surface area contributed by atoms with E-state index in [2.05, 4.69) is 5.32 Å². The van der Waals surface area contributed by atoms with Crippen LogP contribution < -0.4 is 14.8 Å². The molecule has 2 aromatic carbocycles. The minimum Gasteiger partial charge on any atom is -0.495 e. The predicted molar refractivity (Wildman–Crippen MR) is 113 cm³/mol. The number of nitrogens with one attached hydrogen (secondary N) is 1. The van der Waals surface area contributed by atoms with Crippen LogP contribution in [-0.2, 0) is 26.0 Å². The summed E-state index contributed by atoms with van der Waals surface area (Å²) in [6.07, 6.45) is -4.74. The fourth-order valence-electron chi connectivity index (χ4n) is 3.19. The number of anilines is 1. The molecule has 0 bridgehead atoms. The van der Waals surface area contributed by atoms with Gasteiger partial charge in [-0.25, -0.2) is 8.42 Å². The molecule has 180 valence electrons. The summed E-state index contributed by atoms with van der Waals surface area (Å²) >= 11 is 0. The quantitative estimate of drug-likeness (QED) is 0.614. The number of alkyl halides is 3. The normalized spacial score (nSPS) is 15.2. The van der Waals surface area contributed by atoms with Crippen molar-refractivity contribution < 1.29 is 40.6 Å². The molecule has 0 aliphatic carbocycles. The lowest BCUT2D eigenvalue weighted by atomic mass is 10.1. The summed E-state index contributed by atoms with van der Waals surface area (Å²) in [6, 6.07) is 10.1. The van der Waals surface area contributed by atoms with Crippen molar-refractivity contribution in [1.29, 1.82) is 0 Å². The van der Waals surface area contributed by atoms with Crippen molar-refractivity contribution in [2.24, 2.45) is 0 Å². The van der Waals surface area contributed by atoms with E-state index in [0.717, 1.165) is 0 Å². The predicted octanol–water partition coefficient (Wildman–Crippen LogP) is 2.84. The monoisotopic (exact) mass is 488 g/mol. The highest BCUT2D eigenvalue weighted by molar-refractivity contribution is 7.89. The Kier molecular flexibility index (Phi) is 7.82. The van der Waals surface area contributed by atoms with Gasteiger partial charge in [0.05, 0.1) is 32.4 Å². The SMILES string of the molecule is COc1ccc(CC(=O)Nc2ccccc2OCC(F)(F)F)cc1S(=O)(=O)N1CCOCC1. The highest BCUT2D eigenvalue weighted by Gasteiger charge is 2.30. The molecule has 1 aliphatic rings. The topological polar surface area (TPSA) is 94.2 Å². The van der Waals surface area contributed by atoms with Gasteiger partial charge in [0.1, 0.15) is 16.4 Å². The first-order valence-corrected chi connectivity index (χ1v) is 11.4. The minimum atomic E-state index is -4.53. The van der Waals surface area contributed by atoms with Crippen LogP contribution in [0.3, 0.4) is 0 Å². The lowest BCUT2D eigenvalue weighted by Crippen LogP contribution is -2.40. The van der Waals surface area contributed by atoms with Crippen molar-refractivity contribution in [3.8, 4) is 11.5 Å². The van der Waals surface area contributed by atoms with Gasteiger partial charge in [-0.3, -0.25) is 4.79 Å². The number of hydrogen-bond donors (Lipinski definition) is 1. The zero-order valence-corrected chi connectivity index (χ0v) is 18.5. The first-order valence-electron chi connectivity index (χ1n) is 9.93. The smallest absolute Gasteiger partial charge is 0.422 e. The molecule has 3 rings (SSSR count). The van der Waals surface area contributed by atoms with E-state index in [9.17, 15) is 26.4 Å². The lowest BCUT2D eigenvalue weighted by Gasteiger charge is -2.26. The van der Waals surface area contributed by atoms with Crippen LogP contribution in [0.25, 0.3) is 0 Å². The van der Waals surface area contributed by atoms with E-state index < -0.39 is 28.7 Å². The van der Waals surface area contributed by atoms with Gasteiger partial charge >= 0.3 is 6.18 Å². The fourth-order valence-corrected chi connectivity index (χ4v) is 4.81. The maximum atomic E-state index is 13.1.